The van der Waals surface area contributed by atoms with Gasteiger partial charge in [-0.05, 0) is 63.8 Å². The van der Waals surface area contributed by atoms with Gasteiger partial charge >= 0.3 is 0 Å². The Morgan fingerprint density at radius 3 is 2.00 bits per heavy atom. The zero-order valence-corrected chi connectivity index (χ0v) is 14.8. The molecule has 122 valence electrons. The number of hydrogen-bond acceptors (Lipinski definition) is 2. The first-order chi connectivity index (χ1) is 10.8. The number of carbonyl (C=O) groups is 1. The largest absolute Gasteiger partial charge is 0.480 e. The average Bonchev–Trinajstić information content (AvgIpc) is 2.46. The van der Waals surface area contributed by atoms with Gasteiger partial charge in [-0.2, -0.15) is 0 Å². The average molecular weight is 311 g/mol. The molecule has 23 heavy (non-hydrogen) atoms. The first-order valence-electron chi connectivity index (χ1n) is 7.91. The van der Waals surface area contributed by atoms with Crippen LogP contribution in [0.25, 0.3) is 0 Å². The maximum Gasteiger partial charge on any atom is 0.265 e. The molecule has 0 radical (unpaired) electrons. The summed E-state index contributed by atoms with van der Waals surface area (Å²) >= 11 is 0. The van der Waals surface area contributed by atoms with Gasteiger partial charge in [-0.3, -0.25) is 4.79 Å². The first kappa shape index (κ1) is 17.1. The zero-order chi connectivity index (χ0) is 17.1. The Bertz CT molecular complexity index is 691. The molecule has 2 aromatic carbocycles. The summed E-state index contributed by atoms with van der Waals surface area (Å²) in [5.41, 5.74) is 6.26. The van der Waals surface area contributed by atoms with E-state index < -0.39 is 6.10 Å². The predicted octanol–water partition coefficient (Wildman–Crippen LogP) is 4.63. The molecule has 0 saturated carbocycles. The Labute approximate surface area is 138 Å². The fourth-order valence-corrected chi connectivity index (χ4v) is 2.82. The number of benzene rings is 2. The summed E-state index contributed by atoms with van der Waals surface area (Å²) in [6.45, 7) is 11.8. The van der Waals surface area contributed by atoms with Crippen molar-refractivity contribution in [1.82, 2.24) is 0 Å². The molecule has 0 aliphatic rings. The molecule has 1 amide bonds. The number of nitrogens with one attached hydrogen (secondary N) is 1. The van der Waals surface area contributed by atoms with E-state index in [1.807, 2.05) is 45.9 Å². The molecule has 0 bridgehead atoms. The van der Waals surface area contributed by atoms with Crippen molar-refractivity contribution in [3.8, 4) is 5.75 Å². The maximum atomic E-state index is 12.5. The van der Waals surface area contributed by atoms with Gasteiger partial charge in [-0.15, -0.1) is 0 Å². The van der Waals surface area contributed by atoms with Crippen molar-refractivity contribution in [3.05, 3.63) is 58.1 Å². The molecule has 0 saturated heterocycles. The Balaban J connectivity index is 2.15. The van der Waals surface area contributed by atoms with E-state index in [1.54, 1.807) is 6.92 Å². The number of aryl methyl sites for hydroxylation is 5. The lowest BCUT2D eigenvalue weighted by Crippen LogP contribution is -2.31. The van der Waals surface area contributed by atoms with Crippen LogP contribution in [0.4, 0.5) is 5.69 Å². The van der Waals surface area contributed by atoms with Crippen LogP contribution in [-0.4, -0.2) is 12.0 Å². The molecular weight excluding hydrogens is 286 g/mol. The molecule has 0 aromatic heterocycles. The first-order valence-corrected chi connectivity index (χ1v) is 7.91. The minimum Gasteiger partial charge on any atom is -0.480 e. The van der Waals surface area contributed by atoms with Crippen LogP contribution in [0.2, 0.25) is 0 Å². The van der Waals surface area contributed by atoms with Crippen LogP contribution in [-0.2, 0) is 4.79 Å². The summed E-state index contributed by atoms with van der Waals surface area (Å²) in [7, 11) is 0. The lowest BCUT2D eigenvalue weighted by molar-refractivity contribution is -0.122. The Morgan fingerprint density at radius 1 is 0.957 bits per heavy atom. The maximum absolute atomic E-state index is 12.5. The Hall–Kier alpha value is -2.29. The third kappa shape index (κ3) is 3.92. The van der Waals surface area contributed by atoms with E-state index in [1.165, 1.54) is 5.56 Å². The van der Waals surface area contributed by atoms with Crippen molar-refractivity contribution in [2.24, 2.45) is 0 Å². The summed E-state index contributed by atoms with van der Waals surface area (Å²) in [5.74, 6) is 0.648. The molecule has 1 atom stereocenters. The fraction of sp³-hybridized carbons (Fsp3) is 0.350. The van der Waals surface area contributed by atoms with Crippen LogP contribution in [0.3, 0.4) is 0 Å². The highest BCUT2D eigenvalue weighted by atomic mass is 16.5. The van der Waals surface area contributed by atoms with E-state index in [-0.39, 0.29) is 5.91 Å². The quantitative estimate of drug-likeness (QED) is 0.893. The number of carbonyl (C=O) groups excluding carboxylic acids is 1. The van der Waals surface area contributed by atoms with Crippen LogP contribution in [0.1, 0.15) is 34.7 Å². The number of anilines is 1. The van der Waals surface area contributed by atoms with E-state index in [4.69, 9.17) is 4.74 Å². The number of amides is 1. The highest BCUT2D eigenvalue weighted by molar-refractivity contribution is 5.95. The summed E-state index contributed by atoms with van der Waals surface area (Å²) in [6, 6.07) is 10.1. The van der Waals surface area contributed by atoms with Crippen molar-refractivity contribution in [3.63, 3.8) is 0 Å². The molecule has 2 aromatic rings. The van der Waals surface area contributed by atoms with Crippen molar-refractivity contribution < 1.29 is 9.53 Å². The lowest BCUT2D eigenvalue weighted by atomic mass is 10.0. The Morgan fingerprint density at radius 2 is 1.48 bits per heavy atom. The van der Waals surface area contributed by atoms with E-state index >= 15 is 0 Å². The standard InChI is InChI=1S/C20H25NO2/c1-12-10-15(4)18(16(5)11-12)21-20(22)17(6)23-19-13(2)8-7-9-14(19)3/h7-11,17H,1-6H3,(H,21,22). The summed E-state index contributed by atoms with van der Waals surface area (Å²) in [5, 5.41) is 3.00. The van der Waals surface area contributed by atoms with Crippen LogP contribution >= 0.6 is 0 Å². The second-order valence-electron chi connectivity index (χ2n) is 6.24. The molecular formula is C20H25NO2. The lowest BCUT2D eigenvalue weighted by Gasteiger charge is -2.19. The second kappa shape index (κ2) is 6.86. The minimum atomic E-state index is -0.560. The highest BCUT2D eigenvalue weighted by Crippen LogP contribution is 2.25. The highest BCUT2D eigenvalue weighted by Gasteiger charge is 2.18. The molecule has 1 unspecified atom stereocenters. The molecule has 0 heterocycles. The normalized spacial score (nSPS) is 11.9. The monoisotopic (exact) mass is 311 g/mol. The molecule has 0 aliphatic heterocycles. The van der Waals surface area contributed by atoms with E-state index in [2.05, 4.69) is 24.4 Å². The summed E-state index contributed by atoms with van der Waals surface area (Å²) in [4.78, 5) is 12.5. The topological polar surface area (TPSA) is 38.3 Å². The number of ether oxygens (including phenoxy) is 1. The van der Waals surface area contributed by atoms with Crippen molar-refractivity contribution in [2.75, 3.05) is 5.32 Å². The Kier molecular flexibility index (Phi) is 5.09. The van der Waals surface area contributed by atoms with Gasteiger partial charge in [0.15, 0.2) is 6.10 Å². The van der Waals surface area contributed by atoms with Crippen molar-refractivity contribution >= 4 is 11.6 Å². The minimum absolute atomic E-state index is 0.136. The van der Waals surface area contributed by atoms with E-state index in [0.717, 1.165) is 33.7 Å². The summed E-state index contributed by atoms with van der Waals surface area (Å²) in [6.07, 6.45) is -0.560. The second-order valence-corrected chi connectivity index (χ2v) is 6.24. The van der Waals surface area contributed by atoms with Gasteiger partial charge in [-0.1, -0.05) is 35.9 Å². The van der Waals surface area contributed by atoms with Crippen LogP contribution in [0.15, 0.2) is 30.3 Å². The third-order valence-corrected chi connectivity index (χ3v) is 4.00. The van der Waals surface area contributed by atoms with E-state index in [0.29, 0.717) is 0 Å². The molecule has 2 rings (SSSR count). The van der Waals surface area contributed by atoms with E-state index in [9.17, 15) is 4.79 Å². The fourth-order valence-electron chi connectivity index (χ4n) is 2.82. The van der Waals surface area contributed by atoms with Gasteiger partial charge in [0.05, 0.1) is 0 Å². The van der Waals surface area contributed by atoms with Crippen LogP contribution < -0.4 is 10.1 Å². The van der Waals surface area contributed by atoms with Gasteiger partial charge in [0, 0.05) is 5.69 Å². The van der Waals surface area contributed by atoms with Crippen molar-refractivity contribution in [2.45, 2.75) is 47.6 Å². The van der Waals surface area contributed by atoms with Crippen LogP contribution in [0, 0.1) is 34.6 Å². The predicted molar refractivity (Wildman–Crippen MR) is 95.3 cm³/mol. The number of rotatable bonds is 4. The zero-order valence-electron chi connectivity index (χ0n) is 14.8. The molecule has 0 aliphatic carbocycles. The third-order valence-electron chi connectivity index (χ3n) is 4.00. The molecule has 3 heteroatoms. The molecule has 3 nitrogen and oxygen atoms in total. The SMILES string of the molecule is Cc1cc(C)c(NC(=O)C(C)Oc2c(C)cccc2C)c(C)c1. The van der Waals surface area contributed by atoms with Gasteiger partial charge in [0.25, 0.3) is 5.91 Å². The molecule has 0 fully saturated rings. The van der Waals surface area contributed by atoms with Gasteiger partial charge in [0.2, 0.25) is 0 Å². The van der Waals surface area contributed by atoms with Gasteiger partial charge in [-0.25, -0.2) is 0 Å². The number of hydrogen-bond donors (Lipinski definition) is 1. The number of para-hydroxylation sites is 1. The molecule has 1 N–H and O–H groups in total. The molecule has 0 spiro atoms. The van der Waals surface area contributed by atoms with Gasteiger partial charge in [0.1, 0.15) is 5.75 Å². The van der Waals surface area contributed by atoms with Crippen LogP contribution in [0.5, 0.6) is 5.75 Å². The smallest absolute Gasteiger partial charge is 0.265 e. The summed E-state index contributed by atoms with van der Waals surface area (Å²) < 4.78 is 5.90. The van der Waals surface area contributed by atoms with Crippen molar-refractivity contribution in [1.29, 1.82) is 0 Å². The van der Waals surface area contributed by atoms with Gasteiger partial charge < -0.3 is 10.1 Å².